The predicted molar refractivity (Wildman–Crippen MR) is 127 cm³/mol. The van der Waals surface area contributed by atoms with Gasteiger partial charge in [0.05, 0.1) is 21.8 Å². The zero-order valence-corrected chi connectivity index (χ0v) is 21.4. The fourth-order valence-electron chi connectivity index (χ4n) is 5.32. The van der Waals surface area contributed by atoms with Crippen LogP contribution in [0.5, 0.6) is 0 Å². The Hall–Kier alpha value is -0.818. The Morgan fingerprint density at radius 1 is 0.966 bits per heavy atom. The molecule has 0 spiro atoms. The van der Waals surface area contributed by atoms with Gasteiger partial charge in [-0.2, -0.15) is 0 Å². The number of hydrogen-bond donors (Lipinski definition) is 0. The van der Waals surface area contributed by atoms with Gasteiger partial charge in [0.1, 0.15) is 5.65 Å². The Labute approximate surface area is 182 Å². The molecule has 0 unspecified atom stereocenters. The second kappa shape index (κ2) is 7.40. The molecule has 160 valence electrons. The minimum atomic E-state index is -1.92. The molecule has 0 N–H and O–H groups in total. The van der Waals surface area contributed by atoms with Gasteiger partial charge in [-0.05, 0) is 62.6 Å². The van der Waals surface area contributed by atoms with Gasteiger partial charge in [-0.3, -0.25) is 0 Å². The van der Waals surface area contributed by atoms with Crippen LogP contribution in [-0.4, -0.2) is 35.8 Å². The summed E-state index contributed by atoms with van der Waals surface area (Å²) in [4.78, 5) is 5.08. The first-order valence-electron chi connectivity index (χ1n) is 10.8. The maximum absolute atomic E-state index is 6.66. The molecule has 0 amide bonds. The molecule has 2 aromatic heterocycles. The number of fused-ring (bicyclic) bond motifs is 1. The molecule has 3 rings (SSSR count). The molecule has 1 aliphatic rings. The number of nitrogens with zero attached hydrogens (tertiary/aromatic N) is 2. The average Bonchev–Trinajstić information content (AvgIpc) is 3.04. The first kappa shape index (κ1) is 22.9. The SMILES string of the molecule is CC(C)[Si](C(C)C)(C(C)C)n1ccc2cc(Cl)c(B3OC(C)(C)C(C)(C)O3)nc21. The van der Waals surface area contributed by atoms with Gasteiger partial charge in [-0.15, -0.1) is 0 Å². The molecule has 7 heteroatoms. The van der Waals surface area contributed by atoms with E-state index in [9.17, 15) is 0 Å². The van der Waals surface area contributed by atoms with Gasteiger partial charge in [0.2, 0.25) is 0 Å². The van der Waals surface area contributed by atoms with E-state index < -0.39 is 26.6 Å². The zero-order valence-electron chi connectivity index (χ0n) is 19.6. The monoisotopic (exact) mass is 434 g/mol. The van der Waals surface area contributed by atoms with Gasteiger partial charge in [0, 0.05) is 5.39 Å². The van der Waals surface area contributed by atoms with E-state index in [0.717, 1.165) is 11.0 Å². The fraction of sp³-hybridized carbons (Fsp3) is 0.682. The summed E-state index contributed by atoms with van der Waals surface area (Å²) < 4.78 is 15.0. The first-order chi connectivity index (χ1) is 13.3. The van der Waals surface area contributed by atoms with Crippen LogP contribution in [0.2, 0.25) is 21.6 Å². The Kier molecular flexibility index (Phi) is 5.83. The van der Waals surface area contributed by atoms with Crippen molar-refractivity contribution in [2.24, 2.45) is 0 Å². The minimum absolute atomic E-state index is 0.425. The molecule has 0 bridgehead atoms. The van der Waals surface area contributed by atoms with Crippen LogP contribution >= 0.6 is 11.6 Å². The summed E-state index contributed by atoms with van der Waals surface area (Å²) in [5.41, 5.74) is 2.57. The van der Waals surface area contributed by atoms with Gasteiger partial charge < -0.3 is 13.5 Å². The maximum Gasteiger partial charge on any atom is 0.516 e. The highest BCUT2D eigenvalue weighted by molar-refractivity contribution is 6.82. The lowest BCUT2D eigenvalue weighted by Crippen LogP contribution is -2.52. The van der Waals surface area contributed by atoms with Crippen LogP contribution in [0.1, 0.15) is 69.2 Å². The Bertz CT molecular complexity index is 870. The molecule has 0 saturated carbocycles. The second-order valence-corrected chi connectivity index (χ2v) is 16.5. The molecule has 0 atom stereocenters. The normalized spacial score (nSPS) is 19.3. The lowest BCUT2D eigenvalue weighted by atomic mass is 9.84. The van der Waals surface area contributed by atoms with Crippen LogP contribution in [0.3, 0.4) is 0 Å². The second-order valence-electron chi connectivity index (χ2n) is 10.4. The summed E-state index contributed by atoms with van der Waals surface area (Å²) >= 11 is 6.66. The predicted octanol–water partition coefficient (Wildman–Crippen LogP) is 6.01. The summed E-state index contributed by atoms with van der Waals surface area (Å²) in [6.45, 7) is 22.4. The highest BCUT2D eigenvalue weighted by Gasteiger charge is 2.53. The molecule has 0 radical (unpaired) electrons. The van der Waals surface area contributed by atoms with E-state index in [-0.39, 0.29) is 0 Å². The highest BCUT2D eigenvalue weighted by Crippen LogP contribution is 2.44. The lowest BCUT2D eigenvalue weighted by molar-refractivity contribution is 0.00578. The third-order valence-corrected chi connectivity index (χ3v) is 14.4. The van der Waals surface area contributed by atoms with Crippen molar-refractivity contribution in [3.8, 4) is 0 Å². The number of halogens is 1. The quantitative estimate of drug-likeness (QED) is 0.540. The van der Waals surface area contributed by atoms with Crippen LogP contribution in [0.25, 0.3) is 11.0 Å². The van der Waals surface area contributed by atoms with Crippen molar-refractivity contribution in [2.75, 3.05) is 0 Å². The van der Waals surface area contributed by atoms with E-state index in [2.05, 4.69) is 85.7 Å². The standard InChI is InChI=1S/C22H36BClN2O2Si/c1-14(2)29(15(3)4,16(5)6)26-12-11-17-13-18(24)19(25-20(17)26)23-27-21(7,8)22(9,10)28-23/h11-16H,1-10H3. The van der Waals surface area contributed by atoms with E-state index in [0.29, 0.717) is 27.2 Å². The third kappa shape index (κ3) is 3.40. The average molecular weight is 435 g/mol. The summed E-state index contributed by atoms with van der Waals surface area (Å²) in [5, 5.41) is 1.67. The van der Waals surface area contributed by atoms with Crippen LogP contribution < -0.4 is 5.59 Å². The van der Waals surface area contributed by atoms with Gasteiger partial charge >= 0.3 is 7.12 Å². The molecular weight excluding hydrogens is 399 g/mol. The first-order valence-corrected chi connectivity index (χ1v) is 13.3. The molecule has 2 aromatic rings. The van der Waals surface area contributed by atoms with E-state index in [1.165, 1.54) is 0 Å². The number of pyridine rings is 1. The van der Waals surface area contributed by atoms with Crippen molar-refractivity contribution in [2.45, 2.75) is 97.1 Å². The molecule has 4 nitrogen and oxygen atoms in total. The molecule has 3 heterocycles. The fourth-order valence-corrected chi connectivity index (χ4v) is 12.1. The molecule has 1 saturated heterocycles. The van der Waals surface area contributed by atoms with Crippen molar-refractivity contribution >= 4 is 43.6 Å². The number of aromatic nitrogens is 2. The number of hydrogen-bond acceptors (Lipinski definition) is 3. The topological polar surface area (TPSA) is 36.3 Å². The lowest BCUT2D eigenvalue weighted by Gasteiger charge is -2.44. The van der Waals surface area contributed by atoms with Crippen LogP contribution in [0, 0.1) is 0 Å². The largest absolute Gasteiger partial charge is 0.516 e. The van der Waals surface area contributed by atoms with Crippen LogP contribution in [-0.2, 0) is 9.31 Å². The smallest absolute Gasteiger partial charge is 0.398 e. The maximum atomic E-state index is 6.66. The van der Waals surface area contributed by atoms with Crippen LogP contribution in [0.15, 0.2) is 18.3 Å². The summed E-state index contributed by atoms with van der Waals surface area (Å²) in [6, 6.07) is 4.16. The zero-order chi connectivity index (χ0) is 21.9. The Balaban J connectivity index is 2.20. The van der Waals surface area contributed by atoms with Gasteiger partial charge in [-0.1, -0.05) is 53.1 Å². The van der Waals surface area contributed by atoms with Gasteiger partial charge in [0.15, 0.2) is 8.24 Å². The van der Waals surface area contributed by atoms with Crippen molar-refractivity contribution in [1.82, 2.24) is 9.22 Å². The molecule has 0 aliphatic carbocycles. The third-order valence-electron chi connectivity index (χ3n) is 7.31. The Morgan fingerprint density at radius 3 is 1.90 bits per heavy atom. The Morgan fingerprint density at radius 2 is 1.45 bits per heavy atom. The molecule has 0 aromatic carbocycles. The molecular formula is C22H36BClN2O2Si. The van der Waals surface area contributed by atoms with Crippen LogP contribution in [0.4, 0.5) is 0 Å². The van der Waals surface area contributed by atoms with E-state index in [1.54, 1.807) is 0 Å². The van der Waals surface area contributed by atoms with E-state index in [4.69, 9.17) is 25.9 Å². The molecule has 1 fully saturated rings. The highest BCUT2D eigenvalue weighted by atomic mass is 35.5. The minimum Gasteiger partial charge on any atom is -0.398 e. The van der Waals surface area contributed by atoms with Crippen molar-refractivity contribution in [3.63, 3.8) is 0 Å². The summed E-state index contributed by atoms with van der Waals surface area (Å²) in [7, 11) is -2.48. The van der Waals surface area contributed by atoms with Crippen molar-refractivity contribution < 1.29 is 9.31 Å². The van der Waals surface area contributed by atoms with Crippen molar-refractivity contribution in [3.05, 3.63) is 23.4 Å². The van der Waals surface area contributed by atoms with Crippen molar-refractivity contribution in [1.29, 1.82) is 0 Å². The van der Waals surface area contributed by atoms with E-state index >= 15 is 0 Å². The summed E-state index contributed by atoms with van der Waals surface area (Å²) in [6.07, 6.45) is 2.23. The van der Waals surface area contributed by atoms with Gasteiger partial charge in [-0.25, -0.2) is 4.98 Å². The van der Waals surface area contributed by atoms with Gasteiger partial charge in [0.25, 0.3) is 0 Å². The molecule has 1 aliphatic heterocycles. The van der Waals surface area contributed by atoms with E-state index in [1.807, 2.05) is 6.07 Å². The number of rotatable bonds is 5. The summed E-state index contributed by atoms with van der Waals surface area (Å²) in [5.74, 6) is 0. The molecule has 29 heavy (non-hydrogen) atoms.